The summed E-state index contributed by atoms with van der Waals surface area (Å²) in [6.07, 6.45) is 3.83. The third-order valence-electron chi connectivity index (χ3n) is 5.72. The Balaban J connectivity index is 1.73. The van der Waals surface area contributed by atoms with E-state index in [0.717, 1.165) is 25.8 Å². The Labute approximate surface area is 144 Å². The Bertz CT molecular complexity index is 587. The highest BCUT2D eigenvalue weighted by atomic mass is 16.2. The van der Waals surface area contributed by atoms with Gasteiger partial charge >= 0.3 is 0 Å². The van der Waals surface area contributed by atoms with E-state index < -0.39 is 0 Å². The number of Topliss-reactive ketones (excluding diaryl/α,β-unsaturated/α-hetero) is 1. The zero-order valence-electron chi connectivity index (χ0n) is 14.7. The van der Waals surface area contributed by atoms with Crippen LogP contribution in [0.4, 0.5) is 0 Å². The maximum atomic E-state index is 13.0. The molecule has 2 saturated heterocycles. The van der Waals surface area contributed by atoms with Crippen molar-refractivity contribution in [2.75, 3.05) is 13.1 Å². The lowest BCUT2D eigenvalue weighted by Gasteiger charge is -2.33. The molecule has 0 bridgehead atoms. The molecule has 1 N–H and O–H groups in total. The number of hydrogen-bond acceptors (Lipinski definition) is 3. The van der Waals surface area contributed by atoms with Gasteiger partial charge in [-0.2, -0.15) is 0 Å². The van der Waals surface area contributed by atoms with Crippen molar-refractivity contribution < 1.29 is 9.59 Å². The van der Waals surface area contributed by atoms with E-state index in [9.17, 15) is 9.59 Å². The molecule has 4 nitrogen and oxygen atoms in total. The number of nitrogens with zero attached hydrogens (tertiary/aromatic N) is 1. The first-order valence-electron chi connectivity index (χ1n) is 9.21. The molecule has 0 spiro atoms. The molecule has 2 heterocycles. The van der Waals surface area contributed by atoms with Crippen LogP contribution in [0.3, 0.4) is 0 Å². The molecular weight excluding hydrogens is 300 g/mol. The summed E-state index contributed by atoms with van der Waals surface area (Å²) in [5, 5.41) is 3.27. The molecule has 4 atom stereocenters. The normalized spacial score (nSPS) is 28.1. The van der Waals surface area contributed by atoms with E-state index in [4.69, 9.17) is 0 Å². The first kappa shape index (κ1) is 17.2. The fourth-order valence-electron chi connectivity index (χ4n) is 4.35. The third-order valence-corrected chi connectivity index (χ3v) is 5.72. The molecule has 2 fully saturated rings. The van der Waals surface area contributed by atoms with Gasteiger partial charge in [0.05, 0.1) is 6.04 Å². The van der Waals surface area contributed by atoms with Crippen molar-refractivity contribution in [3.05, 3.63) is 35.9 Å². The monoisotopic (exact) mass is 328 g/mol. The lowest BCUT2D eigenvalue weighted by Crippen LogP contribution is -2.47. The summed E-state index contributed by atoms with van der Waals surface area (Å²) in [7, 11) is 0. The largest absolute Gasteiger partial charge is 0.338 e. The van der Waals surface area contributed by atoms with E-state index in [1.165, 1.54) is 5.56 Å². The van der Waals surface area contributed by atoms with Crippen LogP contribution in [0.25, 0.3) is 0 Å². The molecule has 24 heavy (non-hydrogen) atoms. The second-order valence-corrected chi connectivity index (χ2v) is 7.17. The average Bonchev–Trinajstić information content (AvgIpc) is 3.26. The van der Waals surface area contributed by atoms with Crippen molar-refractivity contribution in [2.24, 2.45) is 5.92 Å². The van der Waals surface area contributed by atoms with Gasteiger partial charge in [-0.3, -0.25) is 9.59 Å². The highest BCUT2D eigenvalue weighted by Gasteiger charge is 2.40. The van der Waals surface area contributed by atoms with Crippen LogP contribution in [0.5, 0.6) is 0 Å². The fraction of sp³-hybridized carbons (Fsp3) is 0.600. The molecule has 4 heteroatoms. The van der Waals surface area contributed by atoms with E-state index in [1.54, 1.807) is 6.92 Å². The molecular formula is C20H28N2O2. The molecule has 130 valence electrons. The lowest BCUT2D eigenvalue weighted by atomic mass is 9.87. The van der Waals surface area contributed by atoms with Crippen molar-refractivity contribution in [3.8, 4) is 0 Å². The smallest absolute Gasteiger partial charge is 0.240 e. The highest BCUT2D eigenvalue weighted by Crippen LogP contribution is 2.34. The molecule has 1 amide bonds. The highest BCUT2D eigenvalue weighted by molar-refractivity contribution is 5.86. The molecule has 0 aromatic heterocycles. The van der Waals surface area contributed by atoms with Crippen LogP contribution in [0, 0.1) is 5.92 Å². The second-order valence-electron chi connectivity index (χ2n) is 7.17. The number of benzene rings is 1. The molecule has 1 aromatic carbocycles. The lowest BCUT2D eigenvalue weighted by molar-refractivity contribution is -0.134. The molecule has 2 aliphatic heterocycles. The topological polar surface area (TPSA) is 49.4 Å². The number of ketones is 1. The fourth-order valence-corrected chi connectivity index (χ4v) is 4.35. The van der Waals surface area contributed by atoms with Gasteiger partial charge in [0.25, 0.3) is 0 Å². The van der Waals surface area contributed by atoms with Gasteiger partial charge in [0, 0.05) is 31.0 Å². The Kier molecular flexibility index (Phi) is 5.34. The number of rotatable bonds is 5. The van der Waals surface area contributed by atoms with Crippen LogP contribution >= 0.6 is 0 Å². The predicted octanol–water partition coefficient (Wildman–Crippen LogP) is 2.74. The Hall–Kier alpha value is -1.68. The van der Waals surface area contributed by atoms with Crippen molar-refractivity contribution in [2.45, 2.75) is 57.5 Å². The maximum Gasteiger partial charge on any atom is 0.240 e. The van der Waals surface area contributed by atoms with Crippen molar-refractivity contribution >= 4 is 11.7 Å². The molecule has 4 unspecified atom stereocenters. The molecule has 0 saturated carbocycles. The van der Waals surface area contributed by atoms with Gasteiger partial charge in [-0.05, 0) is 38.2 Å². The van der Waals surface area contributed by atoms with E-state index in [0.29, 0.717) is 18.9 Å². The van der Waals surface area contributed by atoms with Gasteiger partial charge in [0.2, 0.25) is 5.91 Å². The number of hydrogen-bond donors (Lipinski definition) is 1. The third kappa shape index (κ3) is 3.39. The molecule has 1 aromatic rings. The molecule has 3 rings (SSSR count). The summed E-state index contributed by atoms with van der Waals surface area (Å²) < 4.78 is 0. The van der Waals surface area contributed by atoms with Gasteiger partial charge in [-0.1, -0.05) is 37.3 Å². The Morgan fingerprint density at radius 2 is 2.04 bits per heavy atom. The van der Waals surface area contributed by atoms with Crippen LogP contribution in [0.1, 0.15) is 51.0 Å². The maximum absolute atomic E-state index is 13.0. The number of carbonyl (C=O) groups is 2. The summed E-state index contributed by atoms with van der Waals surface area (Å²) in [5.74, 6) is 0.765. The summed E-state index contributed by atoms with van der Waals surface area (Å²) in [6.45, 7) is 5.31. The van der Waals surface area contributed by atoms with E-state index >= 15 is 0 Å². The minimum absolute atomic E-state index is 0.00361. The first-order chi connectivity index (χ1) is 11.6. The van der Waals surface area contributed by atoms with E-state index in [-0.39, 0.29) is 29.7 Å². The average molecular weight is 328 g/mol. The predicted molar refractivity (Wildman–Crippen MR) is 94.8 cm³/mol. The van der Waals surface area contributed by atoms with Gasteiger partial charge < -0.3 is 10.2 Å². The number of nitrogens with one attached hydrogen (secondary N) is 1. The van der Waals surface area contributed by atoms with Gasteiger partial charge in [-0.15, -0.1) is 0 Å². The van der Waals surface area contributed by atoms with Crippen LogP contribution < -0.4 is 5.32 Å². The van der Waals surface area contributed by atoms with Gasteiger partial charge in [-0.25, -0.2) is 0 Å². The summed E-state index contributed by atoms with van der Waals surface area (Å²) in [4.78, 5) is 26.7. The molecule has 2 aliphatic rings. The molecule has 0 aliphatic carbocycles. The van der Waals surface area contributed by atoms with Crippen LogP contribution in [0.15, 0.2) is 30.3 Å². The first-order valence-corrected chi connectivity index (χ1v) is 9.21. The Morgan fingerprint density at radius 3 is 2.67 bits per heavy atom. The van der Waals surface area contributed by atoms with Gasteiger partial charge in [0.1, 0.15) is 5.78 Å². The standard InChI is InChI=1S/C20H28N2O2/c1-3-17(15-8-5-4-6-9-15)19-10-7-11-22(19)20(24)18-12-16(13-21-18)14(2)23/h4-6,8-9,16-19,21H,3,7,10-13H2,1-2H3. The van der Waals surface area contributed by atoms with Crippen molar-refractivity contribution in [1.82, 2.24) is 10.2 Å². The van der Waals surface area contributed by atoms with Crippen LogP contribution in [0.2, 0.25) is 0 Å². The number of carbonyl (C=O) groups excluding carboxylic acids is 2. The van der Waals surface area contributed by atoms with Crippen molar-refractivity contribution in [3.63, 3.8) is 0 Å². The minimum Gasteiger partial charge on any atom is -0.338 e. The quantitative estimate of drug-likeness (QED) is 0.904. The van der Waals surface area contributed by atoms with E-state index in [2.05, 4.69) is 41.4 Å². The molecule has 0 radical (unpaired) electrons. The second kappa shape index (κ2) is 7.47. The summed E-state index contributed by atoms with van der Waals surface area (Å²) in [5.41, 5.74) is 1.32. The zero-order chi connectivity index (χ0) is 17.1. The van der Waals surface area contributed by atoms with Crippen LogP contribution in [-0.2, 0) is 9.59 Å². The van der Waals surface area contributed by atoms with Gasteiger partial charge in [0.15, 0.2) is 0 Å². The van der Waals surface area contributed by atoms with Crippen molar-refractivity contribution in [1.29, 1.82) is 0 Å². The zero-order valence-corrected chi connectivity index (χ0v) is 14.7. The number of likely N-dealkylation sites (tertiary alicyclic amines) is 1. The minimum atomic E-state index is -0.187. The SMILES string of the molecule is CCC(c1ccccc1)C1CCCN1C(=O)C1CC(C(C)=O)CN1. The van der Waals surface area contributed by atoms with Crippen LogP contribution in [-0.4, -0.2) is 41.8 Å². The summed E-state index contributed by atoms with van der Waals surface area (Å²) in [6, 6.07) is 10.6. The summed E-state index contributed by atoms with van der Waals surface area (Å²) >= 11 is 0. The number of amides is 1. The van der Waals surface area contributed by atoms with E-state index in [1.807, 2.05) is 6.07 Å². The Morgan fingerprint density at radius 1 is 1.29 bits per heavy atom.